The fourth-order valence-corrected chi connectivity index (χ4v) is 0.917. The smallest absolute Gasteiger partial charge is 0.206 e. The molecule has 0 saturated carbocycles. The predicted octanol–water partition coefficient (Wildman–Crippen LogP) is 3.08. The van der Waals surface area contributed by atoms with Crippen LogP contribution in [-0.2, 0) is 5.92 Å². The lowest BCUT2D eigenvalue weighted by molar-refractivity contribution is 0.00985. The van der Waals surface area contributed by atoms with E-state index < -0.39 is 23.1 Å². The van der Waals surface area contributed by atoms with Gasteiger partial charge in [0.2, 0.25) is 0 Å². The van der Waals surface area contributed by atoms with E-state index in [0.717, 1.165) is 18.2 Å². The van der Waals surface area contributed by atoms with Gasteiger partial charge in [0.05, 0.1) is 5.56 Å². The molecule has 66 valence electrons. The van der Waals surface area contributed by atoms with Gasteiger partial charge in [-0.3, -0.25) is 0 Å². The van der Waals surface area contributed by atoms with Crippen molar-refractivity contribution in [2.75, 3.05) is 0 Å². The summed E-state index contributed by atoms with van der Waals surface area (Å²) in [5, 5.41) is 0. The molecule has 0 nitrogen and oxygen atoms in total. The molecule has 1 aromatic carbocycles. The lowest BCUT2D eigenvalue weighted by atomic mass is 10.1. The van der Waals surface area contributed by atoms with Crippen LogP contribution in [0.4, 0.5) is 17.6 Å². The van der Waals surface area contributed by atoms with Crippen LogP contribution in [0.1, 0.15) is 12.5 Å². The minimum absolute atomic E-state index is 0.453. The number of halogens is 4. The Kier molecular flexibility index (Phi) is 2.08. The van der Waals surface area contributed by atoms with E-state index in [1.807, 2.05) is 0 Å². The van der Waals surface area contributed by atoms with Gasteiger partial charge in [-0.15, -0.1) is 0 Å². The Labute approximate surface area is 66.8 Å². The molecule has 0 amide bonds. The fraction of sp³-hybridized carbons (Fsp3) is 0.250. The second kappa shape index (κ2) is 2.77. The van der Waals surface area contributed by atoms with Gasteiger partial charge in [0.1, 0.15) is 11.6 Å². The van der Waals surface area contributed by atoms with Crippen LogP contribution < -0.4 is 0 Å². The third-order valence-corrected chi connectivity index (χ3v) is 1.40. The highest BCUT2D eigenvalue weighted by Gasteiger charge is 2.31. The van der Waals surface area contributed by atoms with Crippen LogP contribution in [-0.4, -0.2) is 0 Å². The molecule has 0 bridgehead atoms. The van der Waals surface area contributed by atoms with Gasteiger partial charge >= 0.3 is 0 Å². The first kappa shape index (κ1) is 9.03. The highest BCUT2D eigenvalue weighted by Crippen LogP contribution is 2.30. The number of hydrogen-bond donors (Lipinski definition) is 0. The Morgan fingerprint density at radius 1 is 1.08 bits per heavy atom. The predicted molar refractivity (Wildman–Crippen MR) is 35.9 cm³/mol. The molecule has 0 spiro atoms. The zero-order chi connectivity index (χ0) is 9.35. The summed E-state index contributed by atoms with van der Waals surface area (Å²) < 4.78 is 50.2. The lowest BCUT2D eigenvalue weighted by Crippen LogP contribution is -2.12. The zero-order valence-electron chi connectivity index (χ0n) is 6.24. The molecule has 0 saturated heterocycles. The van der Waals surface area contributed by atoms with Crippen molar-refractivity contribution >= 4 is 0 Å². The summed E-state index contributed by atoms with van der Waals surface area (Å²) in [6.07, 6.45) is 0. The molecule has 0 N–H and O–H groups in total. The SMILES string of the molecule is CC(F)(F)c1c(F)cccc1F. The summed E-state index contributed by atoms with van der Waals surface area (Å²) in [5.74, 6) is -5.92. The highest BCUT2D eigenvalue weighted by molar-refractivity contribution is 5.23. The van der Waals surface area contributed by atoms with Crippen molar-refractivity contribution in [2.24, 2.45) is 0 Å². The van der Waals surface area contributed by atoms with Crippen LogP contribution in [0.5, 0.6) is 0 Å². The molecule has 4 heteroatoms. The third-order valence-electron chi connectivity index (χ3n) is 1.40. The molecule has 0 aliphatic carbocycles. The molecule has 0 aromatic heterocycles. The Morgan fingerprint density at radius 2 is 1.50 bits per heavy atom. The lowest BCUT2D eigenvalue weighted by Gasteiger charge is -2.11. The summed E-state index contributed by atoms with van der Waals surface area (Å²) in [7, 11) is 0. The molecule has 0 atom stereocenters. The first-order chi connectivity index (χ1) is 5.43. The second-order valence-corrected chi connectivity index (χ2v) is 2.49. The number of benzene rings is 1. The maximum Gasteiger partial charge on any atom is 0.276 e. The van der Waals surface area contributed by atoms with E-state index in [2.05, 4.69) is 0 Å². The van der Waals surface area contributed by atoms with E-state index in [4.69, 9.17) is 0 Å². The fourth-order valence-electron chi connectivity index (χ4n) is 0.917. The van der Waals surface area contributed by atoms with Crippen LogP contribution >= 0.6 is 0 Å². The van der Waals surface area contributed by atoms with Crippen molar-refractivity contribution in [2.45, 2.75) is 12.8 Å². The second-order valence-electron chi connectivity index (χ2n) is 2.49. The molecule has 0 aliphatic heterocycles. The monoisotopic (exact) mass is 178 g/mol. The zero-order valence-corrected chi connectivity index (χ0v) is 6.24. The Balaban J connectivity index is 3.31. The summed E-state index contributed by atoms with van der Waals surface area (Å²) in [6.45, 7) is 0.453. The number of rotatable bonds is 1. The Bertz CT molecular complexity index is 267. The van der Waals surface area contributed by atoms with Gasteiger partial charge in [0.15, 0.2) is 0 Å². The van der Waals surface area contributed by atoms with Gasteiger partial charge in [-0.1, -0.05) is 6.07 Å². The van der Waals surface area contributed by atoms with E-state index in [9.17, 15) is 17.6 Å². The van der Waals surface area contributed by atoms with Crippen molar-refractivity contribution < 1.29 is 17.6 Å². The number of alkyl halides is 2. The van der Waals surface area contributed by atoms with Gasteiger partial charge in [-0.05, 0) is 12.1 Å². The first-order valence-electron chi connectivity index (χ1n) is 3.25. The number of hydrogen-bond acceptors (Lipinski definition) is 0. The van der Waals surface area contributed by atoms with Crippen LogP contribution in [0.3, 0.4) is 0 Å². The first-order valence-corrected chi connectivity index (χ1v) is 3.25. The average Bonchev–Trinajstić information content (AvgIpc) is 1.82. The van der Waals surface area contributed by atoms with Gasteiger partial charge in [-0.2, -0.15) is 0 Å². The van der Waals surface area contributed by atoms with E-state index in [1.54, 1.807) is 0 Å². The molecule has 0 heterocycles. The summed E-state index contributed by atoms with van der Waals surface area (Å²) in [4.78, 5) is 0. The molecule has 0 aliphatic rings. The van der Waals surface area contributed by atoms with Crippen LogP contribution in [0.25, 0.3) is 0 Å². The van der Waals surface area contributed by atoms with Gasteiger partial charge in [-0.25, -0.2) is 17.6 Å². The van der Waals surface area contributed by atoms with Crippen LogP contribution in [0.2, 0.25) is 0 Å². The van der Waals surface area contributed by atoms with Crippen molar-refractivity contribution in [3.63, 3.8) is 0 Å². The van der Waals surface area contributed by atoms with Gasteiger partial charge < -0.3 is 0 Å². The molecule has 12 heavy (non-hydrogen) atoms. The average molecular weight is 178 g/mol. The summed E-state index contributed by atoms with van der Waals surface area (Å²) >= 11 is 0. The Hall–Kier alpha value is -1.06. The van der Waals surface area contributed by atoms with Gasteiger partial charge in [0, 0.05) is 6.92 Å². The molecule has 1 aromatic rings. The maximum absolute atomic E-state index is 12.6. The quantitative estimate of drug-likeness (QED) is 0.579. The summed E-state index contributed by atoms with van der Waals surface area (Å²) in [5.41, 5.74) is -1.18. The van der Waals surface area contributed by atoms with Crippen molar-refractivity contribution in [3.8, 4) is 0 Å². The van der Waals surface area contributed by atoms with E-state index in [1.165, 1.54) is 0 Å². The van der Waals surface area contributed by atoms with Crippen molar-refractivity contribution in [1.29, 1.82) is 0 Å². The molecular weight excluding hydrogens is 172 g/mol. The standard InChI is InChI=1S/C8H6F4/c1-8(11,12)7-5(9)3-2-4-6(7)10/h2-4H,1H3. The molecule has 0 fully saturated rings. The molecule has 0 radical (unpaired) electrons. The van der Waals surface area contributed by atoms with E-state index in [-0.39, 0.29) is 0 Å². The normalized spacial score (nSPS) is 11.8. The largest absolute Gasteiger partial charge is 0.276 e. The van der Waals surface area contributed by atoms with Crippen molar-refractivity contribution in [3.05, 3.63) is 35.4 Å². The van der Waals surface area contributed by atoms with E-state index in [0.29, 0.717) is 6.92 Å². The molecule has 0 unspecified atom stereocenters. The Morgan fingerprint density at radius 3 is 1.75 bits per heavy atom. The van der Waals surface area contributed by atoms with Crippen molar-refractivity contribution in [1.82, 2.24) is 0 Å². The van der Waals surface area contributed by atoms with Crippen LogP contribution in [0, 0.1) is 11.6 Å². The molecule has 1 rings (SSSR count). The van der Waals surface area contributed by atoms with E-state index >= 15 is 0 Å². The highest BCUT2D eigenvalue weighted by atomic mass is 19.3. The third kappa shape index (κ3) is 1.57. The minimum atomic E-state index is -3.48. The minimum Gasteiger partial charge on any atom is -0.206 e. The maximum atomic E-state index is 12.6. The summed E-state index contributed by atoms with van der Waals surface area (Å²) in [6, 6.07) is 2.64. The van der Waals surface area contributed by atoms with Gasteiger partial charge in [0.25, 0.3) is 5.92 Å². The topological polar surface area (TPSA) is 0 Å². The van der Waals surface area contributed by atoms with Crippen LogP contribution in [0.15, 0.2) is 18.2 Å². The molecular formula is C8H6F4.